The zero-order valence-electron chi connectivity index (χ0n) is 16.0. The van der Waals surface area contributed by atoms with E-state index in [9.17, 15) is 5.11 Å². The molecule has 3 heteroatoms. The number of hydrogen-bond donors (Lipinski definition) is 1. The van der Waals surface area contributed by atoms with Gasteiger partial charge in [-0.3, -0.25) is 0 Å². The largest absolute Gasteiger partial charge is 0.389 e. The molecular formula is C23H31NO2. The highest BCUT2D eigenvalue weighted by Gasteiger charge is 2.42. The van der Waals surface area contributed by atoms with Gasteiger partial charge in [0.05, 0.1) is 18.3 Å². The second-order valence-electron chi connectivity index (χ2n) is 7.92. The summed E-state index contributed by atoms with van der Waals surface area (Å²) in [7, 11) is 4.16. The molecular weight excluding hydrogens is 322 g/mol. The van der Waals surface area contributed by atoms with Crippen LogP contribution in [0.2, 0.25) is 0 Å². The van der Waals surface area contributed by atoms with Crippen LogP contribution in [0.5, 0.6) is 0 Å². The third-order valence-electron chi connectivity index (χ3n) is 5.47. The lowest BCUT2D eigenvalue weighted by atomic mass is 9.71. The number of hydrogen-bond acceptors (Lipinski definition) is 3. The highest BCUT2D eigenvalue weighted by atomic mass is 16.5. The van der Waals surface area contributed by atoms with Gasteiger partial charge in [-0.2, -0.15) is 0 Å². The Morgan fingerprint density at radius 1 is 1.00 bits per heavy atom. The maximum atomic E-state index is 11.5. The van der Waals surface area contributed by atoms with E-state index in [0.29, 0.717) is 6.61 Å². The summed E-state index contributed by atoms with van der Waals surface area (Å²) >= 11 is 0. The molecule has 0 heterocycles. The lowest BCUT2D eigenvalue weighted by molar-refractivity contribution is -0.105. The van der Waals surface area contributed by atoms with Gasteiger partial charge in [0.1, 0.15) is 0 Å². The number of ether oxygens (including phenoxy) is 1. The van der Waals surface area contributed by atoms with Gasteiger partial charge in [0.2, 0.25) is 0 Å². The molecule has 1 aliphatic carbocycles. The van der Waals surface area contributed by atoms with Crippen LogP contribution in [0, 0.1) is 5.92 Å². The fourth-order valence-corrected chi connectivity index (χ4v) is 4.08. The van der Waals surface area contributed by atoms with Gasteiger partial charge in [0.15, 0.2) is 0 Å². The Bertz CT molecular complexity index is 658. The molecule has 1 saturated carbocycles. The number of nitrogens with zero attached hydrogens (tertiary/aromatic N) is 1. The minimum absolute atomic E-state index is 0.215. The highest BCUT2D eigenvalue weighted by Crippen LogP contribution is 2.38. The predicted octanol–water partition coefficient (Wildman–Crippen LogP) is 3.91. The monoisotopic (exact) mass is 353 g/mol. The number of rotatable bonds is 7. The van der Waals surface area contributed by atoms with Crippen LogP contribution in [-0.4, -0.2) is 42.4 Å². The first-order valence-electron chi connectivity index (χ1n) is 9.62. The van der Waals surface area contributed by atoms with Crippen LogP contribution in [0.4, 0.5) is 0 Å². The van der Waals surface area contributed by atoms with Crippen LogP contribution in [0.1, 0.15) is 30.4 Å². The van der Waals surface area contributed by atoms with Gasteiger partial charge in [-0.05, 0) is 44.5 Å². The van der Waals surface area contributed by atoms with Gasteiger partial charge in [0.25, 0.3) is 0 Å². The topological polar surface area (TPSA) is 32.7 Å². The van der Waals surface area contributed by atoms with Crippen molar-refractivity contribution in [3.8, 4) is 0 Å². The molecule has 0 saturated heterocycles. The van der Waals surface area contributed by atoms with E-state index in [0.717, 1.165) is 32.2 Å². The van der Waals surface area contributed by atoms with Crippen LogP contribution in [-0.2, 0) is 17.8 Å². The van der Waals surface area contributed by atoms with Crippen molar-refractivity contribution in [2.24, 2.45) is 5.92 Å². The second kappa shape index (κ2) is 8.81. The Labute approximate surface area is 157 Å². The molecule has 1 aliphatic rings. The van der Waals surface area contributed by atoms with Crippen LogP contribution in [0.15, 0.2) is 60.7 Å². The average molecular weight is 354 g/mol. The summed E-state index contributed by atoms with van der Waals surface area (Å²) in [5.74, 6) is 0.215. The fourth-order valence-electron chi connectivity index (χ4n) is 4.08. The molecule has 3 nitrogen and oxygen atoms in total. The van der Waals surface area contributed by atoms with Gasteiger partial charge in [-0.15, -0.1) is 0 Å². The summed E-state index contributed by atoms with van der Waals surface area (Å²) in [5, 5.41) is 11.5. The zero-order chi connectivity index (χ0) is 18.4. The number of benzene rings is 2. The van der Waals surface area contributed by atoms with Crippen molar-refractivity contribution in [3.63, 3.8) is 0 Å². The van der Waals surface area contributed by atoms with Crippen molar-refractivity contribution in [3.05, 3.63) is 71.8 Å². The third-order valence-corrected chi connectivity index (χ3v) is 5.47. The van der Waals surface area contributed by atoms with E-state index < -0.39 is 5.60 Å². The quantitative estimate of drug-likeness (QED) is 0.819. The van der Waals surface area contributed by atoms with Crippen LogP contribution < -0.4 is 0 Å². The lowest BCUT2D eigenvalue weighted by Gasteiger charge is -2.44. The predicted molar refractivity (Wildman–Crippen MR) is 106 cm³/mol. The molecule has 3 atom stereocenters. The van der Waals surface area contributed by atoms with E-state index in [-0.39, 0.29) is 12.0 Å². The Morgan fingerprint density at radius 2 is 1.62 bits per heavy atom. The Kier molecular flexibility index (Phi) is 6.47. The molecule has 140 valence electrons. The second-order valence-corrected chi connectivity index (χ2v) is 7.92. The van der Waals surface area contributed by atoms with Gasteiger partial charge in [0, 0.05) is 18.9 Å². The molecule has 0 radical (unpaired) electrons. The normalized spacial score (nSPS) is 26.2. The molecule has 0 aliphatic heterocycles. The van der Waals surface area contributed by atoms with E-state index in [1.807, 2.05) is 36.4 Å². The Hall–Kier alpha value is -1.68. The molecule has 0 bridgehead atoms. The molecule has 26 heavy (non-hydrogen) atoms. The molecule has 1 N–H and O–H groups in total. The van der Waals surface area contributed by atoms with Gasteiger partial charge in [-0.25, -0.2) is 0 Å². The van der Waals surface area contributed by atoms with E-state index in [1.54, 1.807) is 0 Å². The van der Waals surface area contributed by atoms with Gasteiger partial charge in [-0.1, -0.05) is 60.7 Å². The van der Waals surface area contributed by atoms with Crippen molar-refractivity contribution < 1.29 is 9.84 Å². The van der Waals surface area contributed by atoms with Gasteiger partial charge < -0.3 is 14.7 Å². The standard InChI is InChI=1S/C23H31NO2/c1-24(2)17-21-15-22(26-18-20-11-7-4-8-12-20)13-14-23(21,25)16-19-9-5-3-6-10-19/h3-12,21-22,25H,13-18H2,1-2H3. The molecule has 2 aromatic rings. The number of aliphatic hydroxyl groups is 1. The van der Waals surface area contributed by atoms with Crippen molar-refractivity contribution in [2.45, 2.75) is 44.0 Å². The van der Waals surface area contributed by atoms with Crippen molar-refractivity contribution >= 4 is 0 Å². The highest BCUT2D eigenvalue weighted by molar-refractivity contribution is 5.18. The molecule has 0 aromatic heterocycles. The van der Waals surface area contributed by atoms with Crippen LogP contribution >= 0.6 is 0 Å². The first-order valence-corrected chi connectivity index (χ1v) is 9.62. The summed E-state index contributed by atoms with van der Waals surface area (Å²) in [5.41, 5.74) is 1.77. The van der Waals surface area contributed by atoms with Crippen molar-refractivity contribution in [2.75, 3.05) is 20.6 Å². The van der Waals surface area contributed by atoms with Crippen LogP contribution in [0.25, 0.3) is 0 Å². The summed E-state index contributed by atoms with van der Waals surface area (Å²) in [4.78, 5) is 2.18. The molecule has 3 rings (SSSR count). The zero-order valence-corrected chi connectivity index (χ0v) is 16.0. The first-order chi connectivity index (χ1) is 12.5. The Balaban J connectivity index is 1.64. The summed E-state index contributed by atoms with van der Waals surface area (Å²) in [6, 6.07) is 20.7. The fraction of sp³-hybridized carbons (Fsp3) is 0.478. The van der Waals surface area contributed by atoms with Crippen molar-refractivity contribution in [1.29, 1.82) is 0 Å². The maximum absolute atomic E-state index is 11.5. The molecule has 2 aromatic carbocycles. The van der Waals surface area contributed by atoms with Crippen molar-refractivity contribution in [1.82, 2.24) is 4.90 Å². The smallest absolute Gasteiger partial charge is 0.0730 e. The molecule has 3 unspecified atom stereocenters. The van der Waals surface area contributed by atoms with E-state index >= 15 is 0 Å². The molecule has 0 amide bonds. The van der Waals surface area contributed by atoms with E-state index in [4.69, 9.17) is 4.74 Å². The van der Waals surface area contributed by atoms with E-state index in [1.165, 1.54) is 11.1 Å². The average Bonchev–Trinajstić information content (AvgIpc) is 2.64. The Morgan fingerprint density at radius 3 is 2.23 bits per heavy atom. The summed E-state index contributed by atoms with van der Waals surface area (Å²) in [6.07, 6.45) is 3.56. The SMILES string of the molecule is CN(C)CC1CC(OCc2ccccc2)CCC1(O)Cc1ccccc1. The van der Waals surface area contributed by atoms with Crippen LogP contribution in [0.3, 0.4) is 0 Å². The minimum Gasteiger partial charge on any atom is -0.389 e. The summed E-state index contributed by atoms with van der Waals surface area (Å²) in [6.45, 7) is 1.53. The summed E-state index contributed by atoms with van der Waals surface area (Å²) < 4.78 is 6.19. The first kappa shape index (κ1) is 19.1. The molecule has 1 fully saturated rings. The maximum Gasteiger partial charge on any atom is 0.0730 e. The molecule has 0 spiro atoms. The van der Waals surface area contributed by atoms with Gasteiger partial charge >= 0.3 is 0 Å². The minimum atomic E-state index is -0.655. The third kappa shape index (κ3) is 5.16. The lowest BCUT2D eigenvalue weighted by Crippen LogP contribution is -2.50. The van der Waals surface area contributed by atoms with E-state index in [2.05, 4.69) is 43.3 Å².